The Hall–Kier alpha value is -2.26. The molecule has 9 heteroatoms. The summed E-state index contributed by atoms with van der Waals surface area (Å²) in [5.74, 6) is 1.41. The number of aliphatic hydroxyl groups is 1. The summed E-state index contributed by atoms with van der Waals surface area (Å²) in [6.45, 7) is 2.53. The molecule has 132 valence electrons. The summed E-state index contributed by atoms with van der Waals surface area (Å²) in [4.78, 5) is 16.5. The van der Waals surface area contributed by atoms with E-state index in [-0.39, 0.29) is 6.04 Å². The van der Waals surface area contributed by atoms with Crippen LogP contribution >= 0.6 is 11.5 Å². The molecule has 0 spiro atoms. The minimum absolute atomic E-state index is 0.235. The van der Waals surface area contributed by atoms with Crippen LogP contribution < -0.4 is 9.64 Å². The van der Waals surface area contributed by atoms with Crippen LogP contribution in [0.3, 0.4) is 0 Å². The van der Waals surface area contributed by atoms with E-state index in [1.807, 2.05) is 29.5 Å². The van der Waals surface area contributed by atoms with E-state index < -0.39 is 5.60 Å². The van der Waals surface area contributed by atoms with Crippen LogP contribution in [0, 0.1) is 0 Å². The summed E-state index contributed by atoms with van der Waals surface area (Å²) >= 11 is 1.41. The van der Waals surface area contributed by atoms with E-state index in [1.165, 1.54) is 11.5 Å². The maximum absolute atomic E-state index is 9.99. The van der Waals surface area contributed by atoms with Gasteiger partial charge in [-0.25, -0.2) is 15.0 Å². The molecule has 3 aromatic heterocycles. The summed E-state index contributed by atoms with van der Waals surface area (Å²) in [7, 11) is 3.59. The second kappa shape index (κ2) is 5.92. The third kappa shape index (κ3) is 2.93. The summed E-state index contributed by atoms with van der Waals surface area (Å²) in [6.07, 6.45) is 4.80. The maximum atomic E-state index is 9.99. The molecule has 1 aliphatic rings. The van der Waals surface area contributed by atoms with Gasteiger partial charge in [0.1, 0.15) is 6.33 Å². The van der Waals surface area contributed by atoms with Gasteiger partial charge < -0.3 is 19.3 Å². The first-order valence-electron chi connectivity index (χ1n) is 8.07. The van der Waals surface area contributed by atoms with Crippen molar-refractivity contribution in [2.75, 3.05) is 19.1 Å². The molecule has 0 amide bonds. The van der Waals surface area contributed by atoms with Crippen molar-refractivity contribution < 1.29 is 9.84 Å². The molecule has 3 heterocycles. The standard InChI is InChI=1S/C16H20N6O2S/c1-16(23)5-10(6-16)22-9-19-13-14(17-8-18-15(13)22)21(2)7-11-4-12(24-3)20-25-11/h4,8-10,23H,5-7H2,1-3H3. The summed E-state index contributed by atoms with van der Waals surface area (Å²) in [5.41, 5.74) is 0.992. The SMILES string of the molecule is COc1cc(CN(C)c2ncnc3c2ncn3C2CC(C)(O)C2)sn1. The summed E-state index contributed by atoms with van der Waals surface area (Å²) < 4.78 is 11.4. The fourth-order valence-electron chi connectivity index (χ4n) is 3.31. The van der Waals surface area contributed by atoms with Crippen molar-refractivity contribution in [1.29, 1.82) is 0 Å². The van der Waals surface area contributed by atoms with E-state index in [0.29, 0.717) is 25.3 Å². The van der Waals surface area contributed by atoms with Crippen molar-refractivity contribution in [3.8, 4) is 5.88 Å². The zero-order valence-corrected chi connectivity index (χ0v) is 15.2. The first-order chi connectivity index (χ1) is 12.0. The largest absolute Gasteiger partial charge is 0.480 e. The van der Waals surface area contributed by atoms with Crippen molar-refractivity contribution >= 4 is 28.5 Å². The van der Waals surface area contributed by atoms with Crippen LogP contribution in [0.5, 0.6) is 5.88 Å². The van der Waals surface area contributed by atoms with Gasteiger partial charge in [-0.1, -0.05) is 0 Å². The van der Waals surface area contributed by atoms with Gasteiger partial charge in [-0.15, -0.1) is 0 Å². The number of hydrogen-bond acceptors (Lipinski definition) is 8. The van der Waals surface area contributed by atoms with E-state index in [0.717, 1.165) is 21.9 Å². The molecular weight excluding hydrogens is 340 g/mol. The lowest BCUT2D eigenvalue weighted by atomic mass is 9.77. The quantitative estimate of drug-likeness (QED) is 0.744. The Morgan fingerprint density at radius 2 is 2.20 bits per heavy atom. The Labute approximate surface area is 149 Å². The van der Waals surface area contributed by atoms with Gasteiger partial charge >= 0.3 is 0 Å². The number of hydrogen-bond donors (Lipinski definition) is 1. The molecule has 1 aliphatic carbocycles. The highest BCUT2D eigenvalue weighted by Crippen LogP contribution is 2.42. The van der Waals surface area contributed by atoms with Crippen LogP contribution in [0.15, 0.2) is 18.7 Å². The van der Waals surface area contributed by atoms with Gasteiger partial charge in [0.15, 0.2) is 17.0 Å². The molecule has 3 aromatic rings. The highest BCUT2D eigenvalue weighted by atomic mass is 32.1. The van der Waals surface area contributed by atoms with Gasteiger partial charge in [0.05, 0.1) is 25.6 Å². The Morgan fingerprint density at radius 3 is 2.88 bits per heavy atom. The van der Waals surface area contributed by atoms with E-state index in [2.05, 4.69) is 19.3 Å². The van der Waals surface area contributed by atoms with Crippen LogP contribution in [-0.4, -0.2) is 48.8 Å². The van der Waals surface area contributed by atoms with Crippen molar-refractivity contribution in [2.45, 2.75) is 38.0 Å². The van der Waals surface area contributed by atoms with Gasteiger partial charge in [0.2, 0.25) is 5.88 Å². The van der Waals surface area contributed by atoms with Crippen LogP contribution in [0.25, 0.3) is 11.2 Å². The van der Waals surface area contributed by atoms with E-state index in [1.54, 1.807) is 19.8 Å². The topological polar surface area (TPSA) is 89.2 Å². The average molecular weight is 360 g/mol. The third-order valence-corrected chi connectivity index (χ3v) is 5.34. The monoisotopic (exact) mass is 360 g/mol. The van der Waals surface area contributed by atoms with Crippen molar-refractivity contribution in [3.63, 3.8) is 0 Å². The van der Waals surface area contributed by atoms with Gasteiger partial charge in [0.25, 0.3) is 0 Å². The average Bonchev–Trinajstić information content (AvgIpc) is 3.18. The predicted molar refractivity (Wildman–Crippen MR) is 95.0 cm³/mol. The van der Waals surface area contributed by atoms with E-state index >= 15 is 0 Å². The second-order valence-corrected chi connectivity index (χ2v) is 7.66. The van der Waals surface area contributed by atoms with Crippen LogP contribution in [-0.2, 0) is 6.54 Å². The minimum atomic E-state index is -0.584. The van der Waals surface area contributed by atoms with Crippen molar-refractivity contribution in [2.24, 2.45) is 0 Å². The highest BCUT2D eigenvalue weighted by Gasteiger charge is 2.40. The lowest BCUT2D eigenvalue weighted by Crippen LogP contribution is -2.41. The number of fused-ring (bicyclic) bond motifs is 1. The molecule has 0 aromatic carbocycles. The molecule has 0 atom stereocenters. The molecule has 25 heavy (non-hydrogen) atoms. The molecule has 1 saturated carbocycles. The molecule has 8 nitrogen and oxygen atoms in total. The number of methoxy groups -OCH3 is 1. The maximum Gasteiger partial charge on any atom is 0.225 e. The molecule has 1 N–H and O–H groups in total. The number of ether oxygens (including phenoxy) is 1. The first-order valence-corrected chi connectivity index (χ1v) is 8.85. The third-order valence-electron chi connectivity index (χ3n) is 4.58. The fourth-order valence-corrected chi connectivity index (χ4v) is 4.05. The molecule has 1 fully saturated rings. The lowest BCUT2D eigenvalue weighted by Gasteiger charge is -2.41. The van der Waals surface area contributed by atoms with Crippen LogP contribution in [0.4, 0.5) is 5.82 Å². The first kappa shape index (κ1) is 16.2. The fraction of sp³-hybridized carbons (Fsp3) is 0.500. The molecular formula is C16H20N6O2S. The molecule has 0 saturated heterocycles. The normalized spacial score (nSPS) is 22.8. The van der Waals surface area contributed by atoms with Crippen LogP contribution in [0.1, 0.15) is 30.7 Å². The number of anilines is 1. The van der Waals surface area contributed by atoms with Crippen molar-refractivity contribution in [3.05, 3.63) is 23.6 Å². The number of rotatable bonds is 5. The smallest absolute Gasteiger partial charge is 0.225 e. The zero-order valence-electron chi connectivity index (χ0n) is 14.4. The number of aromatic nitrogens is 5. The van der Waals surface area contributed by atoms with E-state index in [9.17, 15) is 5.11 Å². The Kier molecular flexibility index (Phi) is 3.84. The minimum Gasteiger partial charge on any atom is -0.480 e. The Bertz CT molecular complexity index is 897. The lowest BCUT2D eigenvalue weighted by molar-refractivity contribution is -0.0499. The zero-order chi connectivity index (χ0) is 17.6. The van der Waals surface area contributed by atoms with Gasteiger partial charge in [-0.3, -0.25) is 0 Å². The summed E-state index contributed by atoms with van der Waals surface area (Å²) in [6, 6.07) is 2.16. The van der Waals surface area contributed by atoms with Gasteiger partial charge in [-0.2, -0.15) is 4.37 Å². The van der Waals surface area contributed by atoms with Crippen LogP contribution in [0.2, 0.25) is 0 Å². The Morgan fingerprint density at radius 1 is 1.40 bits per heavy atom. The molecule has 0 unspecified atom stereocenters. The molecule has 0 bridgehead atoms. The van der Waals surface area contributed by atoms with Gasteiger partial charge in [0, 0.05) is 24.0 Å². The molecule has 0 radical (unpaired) electrons. The Balaban J connectivity index is 1.60. The van der Waals surface area contributed by atoms with Gasteiger partial charge in [-0.05, 0) is 31.3 Å². The number of imidazole rings is 1. The molecule has 4 rings (SSSR count). The second-order valence-electron chi connectivity index (χ2n) is 6.77. The molecule has 0 aliphatic heterocycles. The number of nitrogens with zero attached hydrogens (tertiary/aromatic N) is 6. The predicted octanol–water partition coefficient (Wildman–Crippen LogP) is 2.01. The highest BCUT2D eigenvalue weighted by molar-refractivity contribution is 7.05. The van der Waals surface area contributed by atoms with Crippen molar-refractivity contribution in [1.82, 2.24) is 23.9 Å². The van der Waals surface area contributed by atoms with E-state index in [4.69, 9.17) is 4.74 Å². The summed E-state index contributed by atoms with van der Waals surface area (Å²) in [5, 5.41) is 9.99.